The van der Waals surface area contributed by atoms with Crippen LogP contribution in [-0.2, 0) is 9.31 Å². The lowest BCUT2D eigenvalue weighted by atomic mass is 9.58. The largest absolute Gasteiger partial charge is 0.525 e. The molecule has 21 heavy (non-hydrogen) atoms. The Labute approximate surface area is 128 Å². The zero-order valence-electron chi connectivity index (χ0n) is 14.0. The number of hydrogen-bond donors (Lipinski definition) is 0. The molecule has 0 bridgehead atoms. The molecule has 1 saturated carbocycles. The average Bonchev–Trinajstić information content (AvgIpc) is 2.56. The van der Waals surface area contributed by atoms with Crippen LogP contribution in [0.3, 0.4) is 0 Å². The highest BCUT2D eigenvalue weighted by molar-refractivity contribution is 6.53. The molecule has 3 fully saturated rings. The number of allylic oxidation sites excluding steroid dienone is 1. The van der Waals surface area contributed by atoms with Gasteiger partial charge in [-0.25, -0.2) is 4.39 Å². The highest BCUT2D eigenvalue weighted by Gasteiger charge is 2.55. The summed E-state index contributed by atoms with van der Waals surface area (Å²) in [4.78, 5) is 2.36. The summed E-state index contributed by atoms with van der Waals surface area (Å²) in [6.45, 7) is 10.1. The molecule has 3 rings (SSSR count). The zero-order valence-corrected chi connectivity index (χ0v) is 14.0. The Morgan fingerprint density at radius 3 is 2.00 bits per heavy atom. The van der Waals surface area contributed by atoms with Gasteiger partial charge in [-0.15, -0.1) is 0 Å². The zero-order chi connectivity index (χ0) is 15.5. The Balaban J connectivity index is 1.66. The molecule has 0 unspecified atom stereocenters. The smallest absolute Gasteiger partial charge is 0.398 e. The van der Waals surface area contributed by atoms with Crippen molar-refractivity contribution in [3.63, 3.8) is 0 Å². The molecule has 2 aliphatic heterocycles. The van der Waals surface area contributed by atoms with Gasteiger partial charge in [0.25, 0.3) is 0 Å². The van der Waals surface area contributed by atoms with E-state index in [2.05, 4.69) is 11.9 Å². The van der Waals surface area contributed by atoms with Gasteiger partial charge < -0.3 is 14.2 Å². The first-order chi connectivity index (χ1) is 9.64. The minimum Gasteiger partial charge on any atom is -0.398 e. The summed E-state index contributed by atoms with van der Waals surface area (Å²) in [6.07, 6.45) is 4.14. The lowest BCUT2D eigenvalue weighted by molar-refractivity contribution is 0.00578. The Morgan fingerprint density at radius 2 is 1.52 bits per heavy atom. The van der Waals surface area contributed by atoms with Crippen LogP contribution in [0.2, 0.25) is 0 Å². The van der Waals surface area contributed by atoms with E-state index in [1.807, 2.05) is 27.7 Å². The molecule has 3 nitrogen and oxygen atoms in total. The van der Waals surface area contributed by atoms with Crippen LogP contribution in [0.1, 0.15) is 53.4 Å². The number of piperidine rings is 1. The fourth-order valence-electron chi connectivity index (χ4n) is 3.58. The van der Waals surface area contributed by atoms with E-state index in [-0.39, 0.29) is 5.73 Å². The molecule has 0 aromatic heterocycles. The number of halogens is 1. The normalized spacial score (nSPS) is 30.6. The maximum atomic E-state index is 14.7. The number of likely N-dealkylation sites (tertiary alicyclic amines) is 1. The van der Waals surface area contributed by atoms with Gasteiger partial charge in [-0.2, -0.15) is 0 Å². The van der Waals surface area contributed by atoms with Crippen LogP contribution in [0.5, 0.6) is 0 Å². The molecular weight excluding hydrogens is 268 g/mol. The number of rotatable bonds is 1. The van der Waals surface area contributed by atoms with Gasteiger partial charge in [0.1, 0.15) is 5.73 Å². The van der Waals surface area contributed by atoms with E-state index in [0.717, 1.165) is 31.5 Å². The lowest BCUT2D eigenvalue weighted by Crippen LogP contribution is -2.43. The van der Waals surface area contributed by atoms with Gasteiger partial charge in [0, 0.05) is 0 Å². The Morgan fingerprint density at radius 1 is 1.05 bits per heavy atom. The van der Waals surface area contributed by atoms with Crippen molar-refractivity contribution in [3.05, 3.63) is 11.3 Å². The molecule has 0 amide bonds. The number of hydrogen-bond acceptors (Lipinski definition) is 3. The van der Waals surface area contributed by atoms with Crippen molar-refractivity contribution >= 4 is 7.12 Å². The Kier molecular flexibility index (Phi) is 3.55. The van der Waals surface area contributed by atoms with Crippen molar-refractivity contribution in [1.29, 1.82) is 0 Å². The predicted molar refractivity (Wildman–Crippen MR) is 82.6 cm³/mol. The molecular formula is C16H27BFNO2. The van der Waals surface area contributed by atoms with Gasteiger partial charge in [0.2, 0.25) is 0 Å². The minimum absolute atomic E-state index is 0.168. The first kappa shape index (κ1) is 15.5. The second-order valence-electron chi connectivity index (χ2n) is 8.20. The molecule has 0 N–H and O–H groups in total. The van der Waals surface area contributed by atoms with Crippen molar-refractivity contribution in [2.45, 2.75) is 64.6 Å². The summed E-state index contributed by atoms with van der Waals surface area (Å²) in [5, 5.41) is 0. The SMILES string of the molecule is CN1CCC2(CC1)CC(=C(F)B1OC(C)(C)C(C)(C)O1)C2. The molecule has 0 aromatic rings. The summed E-state index contributed by atoms with van der Waals surface area (Å²) < 4.78 is 26.3. The lowest BCUT2D eigenvalue weighted by Gasteiger charge is -2.49. The highest BCUT2D eigenvalue weighted by atomic mass is 19.1. The first-order valence-corrected chi connectivity index (χ1v) is 8.06. The summed E-state index contributed by atoms with van der Waals surface area (Å²) in [7, 11) is 1.35. The Bertz CT molecular complexity index is 441. The van der Waals surface area contributed by atoms with Crippen LogP contribution in [0.15, 0.2) is 11.3 Å². The third-order valence-corrected chi connectivity index (χ3v) is 6.02. The molecule has 1 aliphatic carbocycles. The second kappa shape index (κ2) is 4.80. The van der Waals surface area contributed by atoms with Gasteiger partial charge in [0.05, 0.1) is 11.2 Å². The molecule has 118 valence electrons. The maximum absolute atomic E-state index is 14.7. The van der Waals surface area contributed by atoms with E-state index in [4.69, 9.17) is 9.31 Å². The van der Waals surface area contributed by atoms with E-state index in [0.29, 0.717) is 5.41 Å². The molecule has 3 aliphatic rings. The topological polar surface area (TPSA) is 21.7 Å². The van der Waals surface area contributed by atoms with Crippen molar-refractivity contribution in [1.82, 2.24) is 4.90 Å². The first-order valence-electron chi connectivity index (χ1n) is 8.06. The molecule has 2 heterocycles. The molecule has 1 spiro atoms. The van der Waals surface area contributed by atoms with Gasteiger partial charge in [0.15, 0.2) is 0 Å². The highest BCUT2D eigenvalue weighted by Crippen LogP contribution is 2.54. The maximum Gasteiger partial charge on any atom is 0.525 e. The number of nitrogens with zero attached hydrogens (tertiary/aromatic N) is 1. The third kappa shape index (κ3) is 2.58. The Hall–Kier alpha value is -0.385. The van der Waals surface area contributed by atoms with Gasteiger partial charge in [-0.05, 0) is 84.5 Å². The monoisotopic (exact) mass is 295 g/mol. The van der Waals surface area contributed by atoms with Crippen LogP contribution in [0.25, 0.3) is 0 Å². The minimum atomic E-state index is -0.811. The standard InChI is InChI=1S/C16H27BFNO2/c1-14(2)15(3,4)21-17(20-14)13(18)12-10-16(11-12)6-8-19(5)9-7-16/h6-11H2,1-5H3. The molecule has 2 saturated heterocycles. The van der Waals surface area contributed by atoms with Crippen LogP contribution in [0, 0.1) is 5.41 Å². The van der Waals surface area contributed by atoms with Crippen molar-refractivity contribution < 1.29 is 13.7 Å². The third-order valence-electron chi connectivity index (χ3n) is 6.02. The summed E-state index contributed by atoms with van der Waals surface area (Å²) >= 11 is 0. The van der Waals surface area contributed by atoms with Crippen LogP contribution in [0.4, 0.5) is 4.39 Å². The average molecular weight is 295 g/mol. The van der Waals surface area contributed by atoms with Crippen molar-refractivity contribution in [2.75, 3.05) is 20.1 Å². The fourth-order valence-corrected chi connectivity index (χ4v) is 3.58. The fraction of sp³-hybridized carbons (Fsp3) is 0.875. The van der Waals surface area contributed by atoms with Crippen LogP contribution < -0.4 is 0 Å². The van der Waals surface area contributed by atoms with E-state index in [9.17, 15) is 4.39 Å². The van der Waals surface area contributed by atoms with Crippen LogP contribution >= 0.6 is 0 Å². The van der Waals surface area contributed by atoms with E-state index in [1.54, 1.807) is 0 Å². The van der Waals surface area contributed by atoms with Crippen molar-refractivity contribution in [2.24, 2.45) is 5.41 Å². The molecule has 0 radical (unpaired) electrons. The molecule has 0 aromatic carbocycles. The summed E-state index contributed by atoms with van der Waals surface area (Å²) in [5.74, 6) is 0. The van der Waals surface area contributed by atoms with Crippen LogP contribution in [-0.4, -0.2) is 43.4 Å². The van der Waals surface area contributed by atoms with E-state index < -0.39 is 18.3 Å². The predicted octanol–water partition coefficient (Wildman–Crippen LogP) is 3.35. The summed E-state index contributed by atoms with van der Waals surface area (Å²) in [6, 6.07) is 0. The van der Waals surface area contributed by atoms with Gasteiger partial charge in [-0.3, -0.25) is 0 Å². The van der Waals surface area contributed by atoms with Crippen molar-refractivity contribution in [3.8, 4) is 0 Å². The molecule has 0 atom stereocenters. The van der Waals surface area contributed by atoms with E-state index in [1.165, 1.54) is 12.8 Å². The quantitative estimate of drug-likeness (QED) is 0.692. The summed E-state index contributed by atoms with van der Waals surface area (Å²) in [5.41, 5.74) is 0.161. The van der Waals surface area contributed by atoms with Gasteiger partial charge in [-0.1, -0.05) is 0 Å². The van der Waals surface area contributed by atoms with Gasteiger partial charge >= 0.3 is 7.12 Å². The second-order valence-corrected chi connectivity index (χ2v) is 8.20. The van der Waals surface area contributed by atoms with E-state index >= 15 is 0 Å². The molecule has 5 heteroatoms.